The third-order valence-electron chi connectivity index (χ3n) is 2.83. The first kappa shape index (κ1) is 15.0. The number of hydrogen-bond donors (Lipinski definition) is 2. The molecular weight excluding hydrogens is 301 g/mol. The van der Waals surface area contributed by atoms with E-state index in [1.54, 1.807) is 13.8 Å². The first-order valence-electron chi connectivity index (χ1n) is 5.82. The quantitative estimate of drug-likeness (QED) is 0.912. The van der Waals surface area contributed by atoms with Crippen LogP contribution in [0, 0.1) is 19.7 Å². The molecule has 108 valence electrons. The zero-order valence-corrected chi connectivity index (χ0v) is 12.6. The van der Waals surface area contributed by atoms with Crippen molar-refractivity contribution in [3.05, 3.63) is 46.1 Å². The summed E-state index contributed by atoms with van der Waals surface area (Å²) in [5, 5.41) is 9.10. The number of benzene rings is 1. The third-order valence-corrected chi connectivity index (χ3v) is 5.91. The Hall–Kier alpha value is -1.44. The van der Waals surface area contributed by atoms with E-state index < -0.39 is 15.8 Å². The Kier molecular flexibility index (Phi) is 4.12. The van der Waals surface area contributed by atoms with Gasteiger partial charge in [-0.1, -0.05) is 6.07 Å². The molecule has 0 aliphatic rings. The van der Waals surface area contributed by atoms with E-state index in [0.717, 1.165) is 17.4 Å². The summed E-state index contributed by atoms with van der Waals surface area (Å²) in [4.78, 5) is 0.598. The molecule has 0 fully saturated rings. The Morgan fingerprint density at radius 1 is 1.25 bits per heavy atom. The highest BCUT2D eigenvalue weighted by atomic mass is 32.2. The highest BCUT2D eigenvalue weighted by molar-refractivity contribution is 7.94. The minimum atomic E-state index is -3.76. The minimum Gasteiger partial charge on any atom is -0.391 e. The van der Waals surface area contributed by atoms with E-state index in [9.17, 15) is 12.8 Å². The molecule has 2 N–H and O–H groups in total. The fourth-order valence-electron chi connectivity index (χ4n) is 1.64. The van der Waals surface area contributed by atoms with E-state index in [1.165, 1.54) is 18.2 Å². The molecule has 7 heteroatoms. The van der Waals surface area contributed by atoms with Crippen LogP contribution in [-0.4, -0.2) is 13.5 Å². The van der Waals surface area contributed by atoms with Crippen LogP contribution in [0.15, 0.2) is 28.5 Å². The topological polar surface area (TPSA) is 66.4 Å². The van der Waals surface area contributed by atoms with Gasteiger partial charge in [-0.2, -0.15) is 0 Å². The first-order valence-corrected chi connectivity index (χ1v) is 8.12. The smallest absolute Gasteiger partial charge is 0.271 e. The van der Waals surface area contributed by atoms with E-state index in [-0.39, 0.29) is 16.5 Å². The predicted octanol–water partition coefficient (Wildman–Crippen LogP) is 2.80. The van der Waals surface area contributed by atoms with E-state index in [0.29, 0.717) is 16.0 Å². The lowest BCUT2D eigenvalue weighted by atomic mass is 10.2. The third kappa shape index (κ3) is 3.00. The molecule has 0 aliphatic heterocycles. The average molecular weight is 315 g/mol. The normalized spacial score (nSPS) is 11.6. The minimum absolute atomic E-state index is 0.0973. The molecule has 4 nitrogen and oxygen atoms in total. The molecule has 0 saturated carbocycles. The molecule has 0 saturated heterocycles. The molecule has 0 spiro atoms. The molecule has 0 amide bonds. The van der Waals surface area contributed by atoms with Crippen LogP contribution in [-0.2, 0) is 16.6 Å². The van der Waals surface area contributed by atoms with Crippen molar-refractivity contribution in [3.8, 4) is 0 Å². The van der Waals surface area contributed by atoms with E-state index in [1.807, 2.05) is 0 Å². The number of thiophene rings is 1. The van der Waals surface area contributed by atoms with Gasteiger partial charge >= 0.3 is 0 Å². The fraction of sp³-hybridized carbons (Fsp3) is 0.231. The van der Waals surface area contributed by atoms with E-state index in [4.69, 9.17) is 5.11 Å². The van der Waals surface area contributed by atoms with Gasteiger partial charge in [0.05, 0.1) is 12.3 Å². The van der Waals surface area contributed by atoms with Gasteiger partial charge in [-0.25, -0.2) is 12.8 Å². The maximum Gasteiger partial charge on any atom is 0.271 e. The summed E-state index contributed by atoms with van der Waals surface area (Å²) in [7, 11) is -3.76. The van der Waals surface area contributed by atoms with Gasteiger partial charge in [-0.05, 0) is 43.2 Å². The summed E-state index contributed by atoms with van der Waals surface area (Å²) in [5.41, 5.74) is 1.33. The Labute approximate surface area is 120 Å². The zero-order chi connectivity index (χ0) is 14.9. The number of aliphatic hydroxyl groups is 1. The van der Waals surface area contributed by atoms with Crippen LogP contribution >= 0.6 is 11.3 Å². The van der Waals surface area contributed by atoms with Crippen molar-refractivity contribution in [2.24, 2.45) is 0 Å². The monoisotopic (exact) mass is 315 g/mol. The summed E-state index contributed by atoms with van der Waals surface area (Å²) < 4.78 is 40.2. The van der Waals surface area contributed by atoms with Gasteiger partial charge in [0, 0.05) is 4.88 Å². The van der Waals surface area contributed by atoms with Crippen molar-refractivity contribution in [3.63, 3.8) is 0 Å². The lowest BCUT2D eigenvalue weighted by Crippen LogP contribution is -2.11. The second-order valence-electron chi connectivity index (χ2n) is 4.40. The van der Waals surface area contributed by atoms with Crippen LogP contribution in [0.2, 0.25) is 0 Å². The maximum absolute atomic E-state index is 13.4. The van der Waals surface area contributed by atoms with Gasteiger partial charge in [0.15, 0.2) is 0 Å². The summed E-state index contributed by atoms with van der Waals surface area (Å²) in [6.07, 6.45) is 0. The molecule has 1 heterocycles. The van der Waals surface area contributed by atoms with Gasteiger partial charge in [0.2, 0.25) is 0 Å². The van der Waals surface area contributed by atoms with Crippen molar-refractivity contribution in [1.82, 2.24) is 0 Å². The summed E-state index contributed by atoms with van der Waals surface area (Å²) in [6.45, 7) is 3.13. The fourth-order valence-corrected chi connectivity index (χ4v) is 4.14. The predicted molar refractivity (Wildman–Crippen MR) is 76.9 cm³/mol. The van der Waals surface area contributed by atoms with Crippen molar-refractivity contribution >= 4 is 27.0 Å². The number of anilines is 1. The number of halogens is 1. The molecule has 0 unspecified atom stereocenters. The SMILES string of the molecule is Cc1ccc(NS(=O)(=O)c2cc(C)c(CO)s2)cc1F. The Bertz CT molecular complexity index is 738. The van der Waals surface area contributed by atoms with E-state index in [2.05, 4.69) is 4.72 Å². The highest BCUT2D eigenvalue weighted by Gasteiger charge is 2.19. The number of aliphatic hydroxyl groups excluding tert-OH is 1. The molecule has 0 radical (unpaired) electrons. The number of sulfonamides is 1. The standard InChI is InChI=1S/C13H14FNO3S2/c1-8-3-4-10(6-11(8)14)15-20(17,18)13-5-9(2)12(7-16)19-13/h3-6,15-16H,7H2,1-2H3. The maximum atomic E-state index is 13.4. The molecule has 0 bridgehead atoms. The van der Waals surface area contributed by atoms with Crippen molar-refractivity contribution < 1.29 is 17.9 Å². The van der Waals surface area contributed by atoms with Crippen LogP contribution in [0.4, 0.5) is 10.1 Å². The van der Waals surface area contributed by atoms with Crippen molar-refractivity contribution in [2.75, 3.05) is 4.72 Å². The van der Waals surface area contributed by atoms with Crippen molar-refractivity contribution in [1.29, 1.82) is 0 Å². The largest absolute Gasteiger partial charge is 0.391 e. The number of rotatable bonds is 4. The Morgan fingerprint density at radius 3 is 2.50 bits per heavy atom. The van der Waals surface area contributed by atoms with Crippen molar-refractivity contribution in [2.45, 2.75) is 24.7 Å². The lowest BCUT2D eigenvalue weighted by Gasteiger charge is -2.07. The summed E-state index contributed by atoms with van der Waals surface area (Å²) in [6, 6.07) is 5.64. The molecule has 0 aliphatic carbocycles. The Balaban J connectivity index is 2.32. The van der Waals surface area contributed by atoms with Crippen LogP contribution < -0.4 is 4.72 Å². The molecule has 1 aromatic heterocycles. The van der Waals surface area contributed by atoms with E-state index >= 15 is 0 Å². The second kappa shape index (κ2) is 5.51. The molecule has 2 aromatic rings. The van der Waals surface area contributed by atoms with Gasteiger partial charge in [-0.3, -0.25) is 4.72 Å². The first-order chi connectivity index (χ1) is 9.33. The van der Waals surface area contributed by atoms with Gasteiger partial charge in [0.25, 0.3) is 10.0 Å². The van der Waals surface area contributed by atoms with Crippen LogP contribution in [0.5, 0.6) is 0 Å². The van der Waals surface area contributed by atoms with Gasteiger partial charge in [-0.15, -0.1) is 11.3 Å². The second-order valence-corrected chi connectivity index (χ2v) is 7.45. The zero-order valence-electron chi connectivity index (χ0n) is 11.0. The molecule has 2 rings (SSSR count). The number of nitrogens with one attached hydrogen (secondary N) is 1. The van der Waals surface area contributed by atoms with Crippen LogP contribution in [0.3, 0.4) is 0 Å². The highest BCUT2D eigenvalue weighted by Crippen LogP contribution is 2.28. The lowest BCUT2D eigenvalue weighted by molar-refractivity contribution is 0.285. The van der Waals surface area contributed by atoms with Gasteiger partial charge < -0.3 is 5.11 Å². The Morgan fingerprint density at radius 2 is 1.95 bits per heavy atom. The number of aryl methyl sites for hydroxylation is 2. The molecule has 20 heavy (non-hydrogen) atoms. The molecule has 0 atom stereocenters. The molecular formula is C13H14FNO3S2. The van der Waals surface area contributed by atoms with Gasteiger partial charge in [0.1, 0.15) is 10.0 Å². The summed E-state index contributed by atoms with van der Waals surface area (Å²) >= 11 is 0.999. The van der Waals surface area contributed by atoms with Crippen LogP contribution in [0.25, 0.3) is 0 Å². The van der Waals surface area contributed by atoms with Crippen LogP contribution in [0.1, 0.15) is 16.0 Å². The number of hydrogen-bond acceptors (Lipinski definition) is 4. The average Bonchev–Trinajstić information content (AvgIpc) is 2.76. The summed E-state index contributed by atoms with van der Waals surface area (Å²) in [5.74, 6) is -0.469. The molecule has 1 aromatic carbocycles.